The van der Waals surface area contributed by atoms with Gasteiger partial charge in [-0.3, -0.25) is 24.6 Å². The molecule has 3 aliphatic heterocycles. The van der Waals surface area contributed by atoms with Gasteiger partial charge in [-0.1, -0.05) is 0 Å². The standard InChI is InChI=1S/C22H25FN6O3/c1-26-5-4-24-19(26)13-27-6-8-28(9-7-27)18-11-14(23)10-15-16(18)12-29(22(15)32)17-2-3-20(30)25-21(17)31/h4-5,10-11,17H,2-3,6-9,12-13H2,1H3,(H,25,30,31). The second-order valence-corrected chi connectivity index (χ2v) is 8.57. The van der Waals surface area contributed by atoms with Crippen molar-refractivity contribution in [3.05, 3.63) is 47.3 Å². The lowest BCUT2D eigenvalue weighted by Crippen LogP contribution is -2.52. The molecule has 1 atom stereocenters. The van der Waals surface area contributed by atoms with Gasteiger partial charge in [-0.05, 0) is 18.6 Å². The lowest BCUT2D eigenvalue weighted by atomic mass is 10.0. The number of rotatable bonds is 4. The highest BCUT2D eigenvalue weighted by Crippen LogP contribution is 2.35. The van der Waals surface area contributed by atoms with Gasteiger partial charge in [0.1, 0.15) is 17.7 Å². The summed E-state index contributed by atoms with van der Waals surface area (Å²) < 4.78 is 16.5. The van der Waals surface area contributed by atoms with E-state index >= 15 is 0 Å². The van der Waals surface area contributed by atoms with E-state index in [1.54, 1.807) is 6.20 Å². The number of hydrogen-bond donors (Lipinski definition) is 1. The van der Waals surface area contributed by atoms with E-state index in [1.807, 2.05) is 17.8 Å². The number of benzene rings is 1. The van der Waals surface area contributed by atoms with Crippen molar-refractivity contribution in [1.29, 1.82) is 0 Å². The van der Waals surface area contributed by atoms with Gasteiger partial charge in [0.15, 0.2) is 0 Å². The van der Waals surface area contributed by atoms with Gasteiger partial charge in [-0.15, -0.1) is 0 Å². The van der Waals surface area contributed by atoms with E-state index < -0.39 is 17.8 Å². The summed E-state index contributed by atoms with van der Waals surface area (Å²) in [5.41, 5.74) is 1.76. The van der Waals surface area contributed by atoms with Crippen molar-refractivity contribution in [3.8, 4) is 0 Å². The molecule has 168 valence electrons. The van der Waals surface area contributed by atoms with Crippen LogP contribution < -0.4 is 10.2 Å². The average Bonchev–Trinajstić information content (AvgIpc) is 3.31. The molecule has 0 bridgehead atoms. The van der Waals surface area contributed by atoms with Crippen LogP contribution in [0.1, 0.15) is 34.6 Å². The number of imidazole rings is 1. The van der Waals surface area contributed by atoms with Crippen LogP contribution in [0.2, 0.25) is 0 Å². The van der Waals surface area contributed by atoms with E-state index in [-0.39, 0.29) is 31.2 Å². The number of piperazine rings is 1. The number of amides is 3. The minimum Gasteiger partial charge on any atom is -0.369 e. The maximum absolute atomic E-state index is 14.5. The highest BCUT2D eigenvalue weighted by molar-refractivity contribution is 6.06. The molecule has 0 aliphatic carbocycles. The van der Waals surface area contributed by atoms with E-state index in [0.29, 0.717) is 24.3 Å². The molecule has 0 spiro atoms. The van der Waals surface area contributed by atoms with Crippen LogP contribution in [0.15, 0.2) is 24.5 Å². The second-order valence-electron chi connectivity index (χ2n) is 8.57. The number of piperidine rings is 1. The third-order valence-corrected chi connectivity index (χ3v) is 6.60. The van der Waals surface area contributed by atoms with Gasteiger partial charge in [0, 0.05) is 75.4 Å². The predicted molar refractivity (Wildman–Crippen MR) is 113 cm³/mol. The van der Waals surface area contributed by atoms with Crippen molar-refractivity contribution in [2.45, 2.75) is 32.0 Å². The molecule has 1 aromatic heterocycles. The van der Waals surface area contributed by atoms with Crippen molar-refractivity contribution in [2.24, 2.45) is 7.05 Å². The SMILES string of the molecule is Cn1ccnc1CN1CCN(c2cc(F)cc3c2CN(C2CCC(=O)NC2=O)C3=O)CC1. The van der Waals surface area contributed by atoms with Crippen LogP contribution in [0.5, 0.6) is 0 Å². The fourth-order valence-corrected chi connectivity index (χ4v) is 4.79. The van der Waals surface area contributed by atoms with Crippen molar-refractivity contribution in [1.82, 2.24) is 24.7 Å². The number of aryl methyl sites for hydroxylation is 1. The summed E-state index contributed by atoms with van der Waals surface area (Å²) in [6.45, 7) is 3.98. The van der Waals surface area contributed by atoms with Gasteiger partial charge in [0.05, 0.1) is 6.54 Å². The largest absolute Gasteiger partial charge is 0.369 e. The summed E-state index contributed by atoms with van der Waals surface area (Å²) in [5.74, 6) is -0.621. The Morgan fingerprint density at radius 1 is 1.16 bits per heavy atom. The van der Waals surface area contributed by atoms with Gasteiger partial charge in [0.2, 0.25) is 11.8 Å². The van der Waals surface area contributed by atoms with Gasteiger partial charge < -0.3 is 14.4 Å². The lowest BCUT2D eigenvalue weighted by Gasteiger charge is -2.37. The van der Waals surface area contributed by atoms with Crippen molar-refractivity contribution in [2.75, 3.05) is 31.1 Å². The van der Waals surface area contributed by atoms with E-state index in [0.717, 1.165) is 31.0 Å². The van der Waals surface area contributed by atoms with Crippen LogP contribution in [0.3, 0.4) is 0 Å². The Labute approximate surface area is 184 Å². The molecule has 3 aliphatic rings. The zero-order chi connectivity index (χ0) is 22.4. The first kappa shape index (κ1) is 20.6. The Morgan fingerprint density at radius 3 is 2.62 bits per heavy atom. The first-order valence-corrected chi connectivity index (χ1v) is 10.8. The Kier molecular flexibility index (Phi) is 5.16. The topological polar surface area (TPSA) is 90.8 Å². The third kappa shape index (κ3) is 3.64. The number of nitrogens with zero attached hydrogens (tertiary/aromatic N) is 5. The molecule has 5 rings (SSSR count). The summed E-state index contributed by atoms with van der Waals surface area (Å²) in [6.07, 6.45) is 4.18. The molecule has 0 saturated carbocycles. The minimum atomic E-state index is -0.710. The zero-order valence-corrected chi connectivity index (χ0v) is 17.9. The number of carbonyl (C=O) groups excluding carboxylic acids is 3. The van der Waals surface area contributed by atoms with Gasteiger partial charge >= 0.3 is 0 Å². The quantitative estimate of drug-likeness (QED) is 0.702. The number of imide groups is 1. The second kappa shape index (κ2) is 8.01. The first-order valence-electron chi connectivity index (χ1n) is 10.8. The number of fused-ring (bicyclic) bond motifs is 1. The fourth-order valence-electron chi connectivity index (χ4n) is 4.79. The molecule has 2 saturated heterocycles. The van der Waals surface area contributed by atoms with Crippen LogP contribution in [0, 0.1) is 5.82 Å². The number of hydrogen-bond acceptors (Lipinski definition) is 6. The molecular formula is C22H25FN6O3. The smallest absolute Gasteiger partial charge is 0.255 e. The summed E-state index contributed by atoms with van der Waals surface area (Å²) in [6, 6.07) is 2.02. The van der Waals surface area contributed by atoms with E-state index in [4.69, 9.17) is 0 Å². The molecule has 0 radical (unpaired) electrons. The Morgan fingerprint density at radius 2 is 1.94 bits per heavy atom. The van der Waals surface area contributed by atoms with Crippen LogP contribution in [-0.2, 0) is 29.7 Å². The molecule has 10 heteroatoms. The summed E-state index contributed by atoms with van der Waals surface area (Å²) >= 11 is 0. The summed E-state index contributed by atoms with van der Waals surface area (Å²) in [5, 5.41) is 2.30. The third-order valence-electron chi connectivity index (χ3n) is 6.60. The van der Waals surface area contributed by atoms with Crippen LogP contribution in [0.25, 0.3) is 0 Å². The molecule has 2 fully saturated rings. The Balaban J connectivity index is 1.33. The van der Waals surface area contributed by atoms with E-state index in [1.165, 1.54) is 17.0 Å². The number of anilines is 1. The lowest BCUT2D eigenvalue weighted by molar-refractivity contribution is -0.136. The molecular weight excluding hydrogens is 415 g/mol. The highest BCUT2D eigenvalue weighted by Gasteiger charge is 2.41. The fraction of sp³-hybridized carbons (Fsp3) is 0.455. The van der Waals surface area contributed by atoms with E-state index in [9.17, 15) is 18.8 Å². The van der Waals surface area contributed by atoms with Gasteiger partial charge in [0.25, 0.3) is 5.91 Å². The number of nitrogens with one attached hydrogen (secondary N) is 1. The molecule has 4 heterocycles. The normalized spacial score (nSPS) is 21.8. The Hall–Kier alpha value is -3.27. The van der Waals surface area contributed by atoms with Gasteiger partial charge in [-0.25, -0.2) is 9.37 Å². The van der Waals surface area contributed by atoms with Crippen molar-refractivity contribution < 1.29 is 18.8 Å². The molecule has 3 amide bonds. The first-order chi connectivity index (χ1) is 15.4. The molecule has 1 unspecified atom stereocenters. The predicted octanol–water partition coefficient (Wildman–Crippen LogP) is 0.642. The van der Waals surface area contributed by atoms with Gasteiger partial charge in [-0.2, -0.15) is 0 Å². The van der Waals surface area contributed by atoms with Crippen LogP contribution >= 0.6 is 0 Å². The number of halogens is 1. The molecule has 2 aromatic rings. The van der Waals surface area contributed by atoms with Crippen LogP contribution in [-0.4, -0.2) is 69.3 Å². The molecule has 32 heavy (non-hydrogen) atoms. The summed E-state index contributed by atoms with van der Waals surface area (Å²) in [4.78, 5) is 47.1. The highest BCUT2D eigenvalue weighted by atomic mass is 19.1. The van der Waals surface area contributed by atoms with Crippen LogP contribution in [0.4, 0.5) is 10.1 Å². The number of aromatic nitrogens is 2. The maximum atomic E-state index is 14.5. The maximum Gasteiger partial charge on any atom is 0.255 e. The van der Waals surface area contributed by atoms with Crippen molar-refractivity contribution in [3.63, 3.8) is 0 Å². The molecule has 1 aromatic carbocycles. The number of carbonyl (C=O) groups is 3. The zero-order valence-electron chi connectivity index (χ0n) is 17.9. The summed E-state index contributed by atoms with van der Waals surface area (Å²) in [7, 11) is 1.97. The van der Waals surface area contributed by atoms with E-state index in [2.05, 4.69) is 20.1 Å². The Bertz CT molecular complexity index is 1090. The molecule has 1 N–H and O–H groups in total. The van der Waals surface area contributed by atoms with Crippen molar-refractivity contribution >= 4 is 23.4 Å². The average molecular weight is 440 g/mol. The molecule has 9 nitrogen and oxygen atoms in total. The minimum absolute atomic E-state index is 0.190. The monoisotopic (exact) mass is 440 g/mol.